The van der Waals surface area contributed by atoms with Gasteiger partial charge in [0.1, 0.15) is 0 Å². The van der Waals surface area contributed by atoms with E-state index in [1.807, 2.05) is 13.0 Å². The summed E-state index contributed by atoms with van der Waals surface area (Å²) in [6.07, 6.45) is 9.52. The minimum atomic E-state index is 0.0542. The lowest BCUT2D eigenvalue weighted by Gasteiger charge is -2.21. The summed E-state index contributed by atoms with van der Waals surface area (Å²) in [6.45, 7) is 3.80. The Balaban J connectivity index is 1.71. The SMILES string of the molecule is CCCNC(=O)CNCc1ccn(C2CCCCC2)n1. The third-order valence-electron chi connectivity index (χ3n) is 3.78. The van der Waals surface area contributed by atoms with Crippen LogP contribution in [0.15, 0.2) is 12.3 Å². The molecular weight excluding hydrogens is 252 g/mol. The lowest BCUT2D eigenvalue weighted by Crippen LogP contribution is -2.34. The number of hydrogen-bond donors (Lipinski definition) is 2. The van der Waals surface area contributed by atoms with Gasteiger partial charge in [-0.15, -0.1) is 0 Å². The van der Waals surface area contributed by atoms with Crippen molar-refractivity contribution in [3.63, 3.8) is 0 Å². The van der Waals surface area contributed by atoms with Crippen molar-refractivity contribution in [2.75, 3.05) is 13.1 Å². The highest BCUT2D eigenvalue weighted by Crippen LogP contribution is 2.27. The van der Waals surface area contributed by atoms with Crippen molar-refractivity contribution >= 4 is 5.91 Å². The quantitative estimate of drug-likeness (QED) is 0.802. The molecule has 5 nitrogen and oxygen atoms in total. The highest BCUT2D eigenvalue weighted by Gasteiger charge is 2.15. The summed E-state index contributed by atoms with van der Waals surface area (Å²) in [4.78, 5) is 11.4. The van der Waals surface area contributed by atoms with Gasteiger partial charge in [0.15, 0.2) is 0 Å². The fourth-order valence-electron chi connectivity index (χ4n) is 2.65. The first-order valence-corrected chi connectivity index (χ1v) is 7.81. The Hall–Kier alpha value is -1.36. The first-order chi connectivity index (χ1) is 9.79. The standard InChI is InChI=1S/C15H26N4O/c1-2-9-17-15(20)12-16-11-13-8-10-19(18-13)14-6-4-3-5-7-14/h8,10,14,16H,2-7,9,11-12H2,1H3,(H,17,20). The van der Waals surface area contributed by atoms with Gasteiger partial charge in [-0.2, -0.15) is 5.10 Å². The van der Waals surface area contributed by atoms with E-state index in [9.17, 15) is 4.79 Å². The maximum absolute atomic E-state index is 11.4. The molecule has 1 heterocycles. The van der Waals surface area contributed by atoms with E-state index >= 15 is 0 Å². The Labute approximate surface area is 121 Å². The molecule has 0 saturated heterocycles. The molecule has 0 aromatic carbocycles. The Morgan fingerprint density at radius 2 is 2.20 bits per heavy atom. The maximum Gasteiger partial charge on any atom is 0.233 e. The zero-order valence-electron chi connectivity index (χ0n) is 12.4. The lowest BCUT2D eigenvalue weighted by atomic mass is 9.96. The van der Waals surface area contributed by atoms with Gasteiger partial charge in [-0.25, -0.2) is 0 Å². The summed E-state index contributed by atoms with van der Waals surface area (Å²) in [5.41, 5.74) is 1.01. The molecule has 0 radical (unpaired) electrons. The number of carbonyl (C=O) groups excluding carboxylic acids is 1. The van der Waals surface area contributed by atoms with Crippen LogP contribution in [0.5, 0.6) is 0 Å². The number of aromatic nitrogens is 2. The van der Waals surface area contributed by atoms with E-state index in [1.165, 1.54) is 32.1 Å². The number of nitrogens with zero attached hydrogens (tertiary/aromatic N) is 2. The van der Waals surface area contributed by atoms with Crippen molar-refractivity contribution in [2.45, 2.75) is 58.0 Å². The van der Waals surface area contributed by atoms with Crippen molar-refractivity contribution in [1.82, 2.24) is 20.4 Å². The number of hydrogen-bond acceptors (Lipinski definition) is 3. The summed E-state index contributed by atoms with van der Waals surface area (Å²) >= 11 is 0. The molecule has 1 aliphatic carbocycles. The Morgan fingerprint density at radius 3 is 2.95 bits per heavy atom. The van der Waals surface area contributed by atoms with E-state index < -0.39 is 0 Å². The predicted molar refractivity (Wildman–Crippen MR) is 79.4 cm³/mol. The van der Waals surface area contributed by atoms with Crippen LogP contribution >= 0.6 is 0 Å². The second-order valence-electron chi connectivity index (χ2n) is 5.53. The first-order valence-electron chi connectivity index (χ1n) is 7.81. The average molecular weight is 278 g/mol. The van der Waals surface area contributed by atoms with Crippen LogP contribution in [0.4, 0.5) is 0 Å². The normalized spacial score (nSPS) is 16.2. The number of rotatable bonds is 7. The van der Waals surface area contributed by atoms with E-state index in [2.05, 4.69) is 26.6 Å². The summed E-state index contributed by atoms with van der Waals surface area (Å²) in [5, 5.41) is 10.6. The topological polar surface area (TPSA) is 59.0 Å². The molecule has 0 atom stereocenters. The van der Waals surface area contributed by atoms with E-state index in [0.29, 0.717) is 19.1 Å². The molecule has 5 heteroatoms. The van der Waals surface area contributed by atoms with Gasteiger partial charge < -0.3 is 10.6 Å². The van der Waals surface area contributed by atoms with E-state index in [4.69, 9.17) is 0 Å². The van der Waals surface area contributed by atoms with Gasteiger partial charge in [-0.1, -0.05) is 26.2 Å². The highest BCUT2D eigenvalue weighted by atomic mass is 16.1. The third-order valence-corrected chi connectivity index (χ3v) is 3.78. The Bertz CT molecular complexity index is 410. The van der Waals surface area contributed by atoms with Gasteiger partial charge >= 0.3 is 0 Å². The molecule has 1 aliphatic rings. The molecule has 20 heavy (non-hydrogen) atoms. The summed E-state index contributed by atoms with van der Waals surface area (Å²) < 4.78 is 2.10. The van der Waals surface area contributed by atoms with E-state index in [0.717, 1.165) is 18.7 Å². The molecular formula is C15H26N4O. The molecule has 0 bridgehead atoms. The molecule has 2 N–H and O–H groups in total. The van der Waals surface area contributed by atoms with Crippen LogP contribution < -0.4 is 10.6 Å². The van der Waals surface area contributed by atoms with Crippen LogP contribution in [0.25, 0.3) is 0 Å². The maximum atomic E-state index is 11.4. The molecule has 1 amide bonds. The molecule has 0 aliphatic heterocycles. The van der Waals surface area contributed by atoms with Gasteiger partial charge in [0.05, 0.1) is 18.3 Å². The monoisotopic (exact) mass is 278 g/mol. The predicted octanol–water partition coefficient (Wildman–Crippen LogP) is 2.00. The van der Waals surface area contributed by atoms with E-state index in [1.54, 1.807) is 0 Å². The van der Waals surface area contributed by atoms with Crippen LogP contribution in [-0.2, 0) is 11.3 Å². The van der Waals surface area contributed by atoms with Crippen molar-refractivity contribution in [1.29, 1.82) is 0 Å². The van der Waals surface area contributed by atoms with Crippen LogP contribution in [-0.4, -0.2) is 28.8 Å². The fraction of sp³-hybridized carbons (Fsp3) is 0.733. The van der Waals surface area contributed by atoms with Crippen LogP contribution in [0, 0.1) is 0 Å². The fourth-order valence-corrected chi connectivity index (χ4v) is 2.65. The number of carbonyl (C=O) groups is 1. The Kier molecular flexibility index (Phi) is 6.05. The second-order valence-corrected chi connectivity index (χ2v) is 5.53. The first kappa shape index (κ1) is 15.0. The minimum absolute atomic E-state index is 0.0542. The molecule has 1 fully saturated rings. The van der Waals surface area contributed by atoms with Gasteiger partial charge in [0.2, 0.25) is 5.91 Å². The highest BCUT2D eigenvalue weighted by molar-refractivity contribution is 5.77. The molecule has 1 aromatic rings. The second kappa shape index (κ2) is 8.04. The van der Waals surface area contributed by atoms with Crippen LogP contribution in [0.2, 0.25) is 0 Å². The van der Waals surface area contributed by atoms with Crippen molar-refractivity contribution in [3.05, 3.63) is 18.0 Å². The van der Waals surface area contributed by atoms with E-state index in [-0.39, 0.29) is 5.91 Å². The minimum Gasteiger partial charge on any atom is -0.355 e. The molecule has 0 unspecified atom stereocenters. The van der Waals surface area contributed by atoms with Gasteiger partial charge in [0.25, 0.3) is 0 Å². The summed E-state index contributed by atoms with van der Waals surface area (Å²) in [7, 11) is 0. The lowest BCUT2D eigenvalue weighted by molar-refractivity contribution is -0.120. The largest absolute Gasteiger partial charge is 0.355 e. The van der Waals surface area contributed by atoms with Gasteiger partial charge in [-0.3, -0.25) is 9.48 Å². The zero-order chi connectivity index (χ0) is 14.2. The number of amides is 1. The summed E-state index contributed by atoms with van der Waals surface area (Å²) in [5.74, 6) is 0.0542. The van der Waals surface area contributed by atoms with Gasteiger partial charge in [-0.05, 0) is 25.3 Å². The smallest absolute Gasteiger partial charge is 0.233 e. The average Bonchev–Trinajstić information content (AvgIpc) is 2.95. The molecule has 112 valence electrons. The zero-order valence-corrected chi connectivity index (χ0v) is 12.4. The van der Waals surface area contributed by atoms with Crippen molar-refractivity contribution in [3.8, 4) is 0 Å². The van der Waals surface area contributed by atoms with Gasteiger partial charge in [0, 0.05) is 19.3 Å². The van der Waals surface area contributed by atoms with Crippen LogP contribution in [0.1, 0.15) is 57.2 Å². The number of nitrogens with one attached hydrogen (secondary N) is 2. The third kappa shape index (κ3) is 4.63. The molecule has 1 saturated carbocycles. The molecule has 0 spiro atoms. The van der Waals surface area contributed by atoms with Crippen molar-refractivity contribution in [2.24, 2.45) is 0 Å². The van der Waals surface area contributed by atoms with Crippen molar-refractivity contribution < 1.29 is 4.79 Å². The molecule has 1 aromatic heterocycles. The summed E-state index contributed by atoms with van der Waals surface area (Å²) in [6, 6.07) is 2.62. The van der Waals surface area contributed by atoms with Crippen LogP contribution in [0.3, 0.4) is 0 Å². The Morgan fingerprint density at radius 1 is 1.40 bits per heavy atom. The molecule has 2 rings (SSSR count).